The smallest absolute Gasteiger partial charge is 0.231 e. The lowest BCUT2D eigenvalue weighted by molar-refractivity contribution is 0.0273. The molecule has 1 aromatic rings. The van der Waals surface area contributed by atoms with E-state index in [1.807, 2.05) is 18.2 Å². The van der Waals surface area contributed by atoms with Crippen LogP contribution in [0.3, 0.4) is 0 Å². The molecule has 1 atom stereocenters. The molecule has 1 unspecified atom stereocenters. The van der Waals surface area contributed by atoms with E-state index in [0.717, 1.165) is 17.1 Å². The van der Waals surface area contributed by atoms with Gasteiger partial charge >= 0.3 is 0 Å². The summed E-state index contributed by atoms with van der Waals surface area (Å²) in [5.41, 5.74) is 0.974. The molecule has 7 heteroatoms. The quantitative estimate of drug-likeness (QED) is 0.491. The van der Waals surface area contributed by atoms with Gasteiger partial charge in [0.2, 0.25) is 6.79 Å². The highest BCUT2D eigenvalue weighted by atomic mass is 16.7. The molecule has 22 heavy (non-hydrogen) atoms. The van der Waals surface area contributed by atoms with Crippen LogP contribution in [0, 0.1) is 0 Å². The standard InChI is InChI=1S/C15H23NO6/c17-4-6-19-5-3-16-8-13(18)10-20-9-12-1-2-14-15(7-12)22-11-21-14/h1-2,7,13,16-18H,3-6,8-11H2. The number of rotatable bonds is 11. The molecule has 0 saturated heterocycles. The van der Waals surface area contributed by atoms with Crippen molar-refractivity contribution in [3.8, 4) is 11.5 Å². The van der Waals surface area contributed by atoms with Gasteiger partial charge in [-0.3, -0.25) is 0 Å². The molecular formula is C15H23NO6. The Morgan fingerprint density at radius 3 is 2.91 bits per heavy atom. The van der Waals surface area contributed by atoms with Gasteiger partial charge in [0, 0.05) is 13.1 Å². The summed E-state index contributed by atoms with van der Waals surface area (Å²) in [4.78, 5) is 0. The number of ether oxygens (including phenoxy) is 4. The predicted octanol–water partition coefficient (Wildman–Crippen LogP) is -0.109. The minimum absolute atomic E-state index is 0.0241. The van der Waals surface area contributed by atoms with E-state index in [4.69, 9.17) is 24.1 Å². The summed E-state index contributed by atoms with van der Waals surface area (Å²) in [5.74, 6) is 1.47. The molecule has 0 aliphatic carbocycles. The molecular weight excluding hydrogens is 290 g/mol. The second-order valence-electron chi connectivity index (χ2n) is 4.90. The van der Waals surface area contributed by atoms with Gasteiger partial charge in [-0.05, 0) is 17.7 Å². The summed E-state index contributed by atoms with van der Waals surface area (Å²) in [5, 5.41) is 21.4. The van der Waals surface area contributed by atoms with E-state index < -0.39 is 6.10 Å². The highest BCUT2D eigenvalue weighted by Gasteiger charge is 2.13. The summed E-state index contributed by atoms with van der Waals surface area (Å²) in [6.07, 6.45) is -0.577. The number of hydrogen-bond donors (Lipinski definition) is 3. The maximum Gasteiger partial charge on any atom is 0.231 e. The number of aliphatic hydroxyl groups excluding tert-OH is 2. The van der Waals surface area contributed by atoms with Gasteiger partial charge in [0.25, 0.3) is 0 Å². The monoisotopic (exact) mass is 313 g/mol. The van der Waals surface area contributed by atoms with Gasteiger partial charge in [-0.1, -0.05) is 6.07 Å². The number of hydrogen-bond acceptors (Lipinski definition) is 7. The summed E-state index contributed by atoms with van der Waals surface area (Å²) >= 11 is 0. The van der Waals surface area contributed by atoms with Gasteiger partial charge in [0.15, 0.2) is 11.5 Å². The Morgan fingerprint density at radius 1 is 1.18 bits per heavy atom. The van der Waals surface area contributed by atoms with Crippen molar-refractivity contribution in [3.05, 3.63) is 23.8 Å². The fourth-order valence-corrected chi connectivity index (χ4v) is 1.98. The third kappa shape index (κ3) is 5.78. The molecule has 2 rings (SSSR count). The van der Waals surface area contributed by atoms with Crippen LogP contribution in [0.25, 0.3) is 0 Å². The molecule has 0 amide bonds. The zero-order valence-electron chi connectivity index (χ0n) is 12.5. The Hall–Kier alpha value is -1.38. The van der Waals surface area contributed by atoms with Crippen molar-refractivity contribution in [2.24, 2.45) is 0 Å². The van der Waals surface area contributed by atoms with Crippen LogP contribution < -0.4 is 14.8 Å². The fraction of sp³-hybridized carbons (Fsp3) is 0.600. The van der Waals surface area contributed by atoms with Crippen LogP contribution in [0.4, 0.5) is 0 Å². The van der Waals surface area contributed by atoms with E-state index in [9.17, 15) is 5.11 Å². The van der Waals surface area contributed by atoms with Gasteiger partial charge in [-0.25, -0.2) is 0 Å². The van der Waals surface area contributed by atoms with Gasteiger partial charge in [0.1, 0.15) is 0 Å². The number of fused-ring (bicyclic) bond motifs is 1. The van der Waals surface area contributed by atoms with E-state index in [0.29, 0.717) is 32.9 Å². The third-order valence-corrected chi connectivity index (χ3v) is 3.05. The molecule has 3 N–H and O–H groups in total. The third-order valence-electron chi connectivity index (χ3n) is 3.05. The van der Waals surface area contributed by atoms with Crippen molar-refractivity contribution >= 4 is 0 Å². The first kappa shape index (κ1) is 17.0. The van der Waals surface area contributed by atoms with Crippen LogP contribution in [-0.2, 0) is 16.1 Å². The van der Waals surface area contributed by atoms with Crippen molar-refractivity contribution in [2.75, 3.05) is 46.3 Å². The van der Waals surface area contributed by atoms with Crippen molar-refractivity contribution in [2.45, 2.75) is 12.7 Å². The minimum Gasteiger partial charge on any atom is -0.454 e. The van der Waals surface area contributed by atoms with E-state index in [2.05, 4.69) is 5.32 Å². The summed E-state index contributed by atoms with van der Waals surface area (Å²) < 4.78 is 21.1. The Morgan fingerprint density at radius 2 is 2.05 bits per heavy atom. The van der Waals surface area contributed by atoms with Crippen LogP contribution in [0.15, 0.2) is 18.2 Å². The molecule has 1 aliphatic heterocycles. The largest absolute Gasteiger partial charge is 0.454 e. The molecule has 0 spiro atoms. The molecule has 124 valence electrons. The first-order chi connectivity index (χ1) is 10.8. The van der Waals surface area contributed by atoms with Crippen LogP contribution in [0.5, 0.6) is 11.5 Å². The normalized spacial score (nSPS) is 14.3. The Labute approximate surface area is 129 Å². The molecule has 0 saturated carbocycles. The van der Waals surface area contributed by atoms with Gasteiger partial charge in [-0.2, -0.15) is 0 Å². The van der Waals surface area contributed by atoms with Crippen molar-refractivity contribution < 1.29 is 29.2 Å². The van der Waals surface area contributed by atoms with Crippen LogP contribution in [0.2, 0.25) is 0 Å². The number of nitrogens with one attached hydrogen (secondary N) is 1. The zero-order valence-corrected chi connectivity index (χ0v) is 12.5. The van der Waals surface area contributed by atoms with Crippen molar-refractivity contribution in [3.63, 3.8) is 0 Å². The number of aliphatic hydroxyl groups is 2. The molecule has 1 aliphatic rings. The zero-order chi connectivity index (χ0) is 15.6. The van der Waals surface area contributed by atoms with Gasteiger partial charge in [0.05, 0.1) is 39.1 Å². The average Bonchev–Trinajstić information content (AvgIpc) is 2.98. The van der Waals surface area contributed by atoms with Crippen molar-refractivity contribution in [1.29, 1.82) is 0 Å². The lowest BCUT2D eigenvalue weighted by Gasteiger charge is -2.12. The van der Waals surface area contributed by atoms with Crippen LogP contribution in [0.1, 0.15) is 5.56 Å². The Balaban J connectivity index is 1.54. The minimum atomic E-state index is -0.577. The average molecular weight is 313 g/mol. The van der Waals surface area contributed by atoms with E-state index in [1.54, 1.807) is 0 Å². The van der Waals surface area contributed by atoms with Gasteiger partial charge < -0.3 is 34.5 Å². The SMILES string of the molecule is OCCOCCNCC(O)COCc1ccc2c(c1)OCO2. The second-order valence-corrected chi connectivity index (χ2v) is 4.90. The highest BCUT2D eigenvalue weighted by Crippen LogP contribution is 2.32. The Kier molecular flexibility index (Phi) is 7.41. The van der Waals surface area contributed by atoms with Crippen LogP contribution in [-0.4, -0.2) is 62.6 Å². The molecule has 0 fully saturated rings. The molecule has 0 aromatic heterocycles. The molecule has 0 radical (unpaired) electrons. The lowest BCUT2D eigenvalue weighted by atomic mass is 10.2. The van der Waals surface area contributed by atoms with Crippen LogP contribution >= 0.6 is 0 Å². The van der Waals surface area contributed by atoms with E-state index >= 15 is 0 Å². The van der Waals surface area contributed by atoms with E-state index in [1.165, 1.54) is 0 Å². The topological polar surface area (TPSA) is 89.4 Å². The summed E-state index contributed by atoms with van der Waals surface area (Å²) in [7, 11) is 0. The molecule has 0 bridgehead atoms. The fourth-order valence-electron chi connectivity index (χ4n) is 1.98. The number of benzene rings is 1. The molecule has 1 aromatic carbocycles. The molecule has 1 heterocycles. The maximum atomic E-state index is 9.77. The summed E-state index contributed by atoms with van der Waals surface area (Å²) in [6.45, 7) is 2.84. The summed E-state index contributed by atoms with van der Waals surface area (Å²) in [6, 6.07) is 5.65. The second kappa shape index (κ2) is 9.60. The first-order valence-corrected chi connectivity index (χ1v) is 7.33. The maximum absolute atomic E-state index is 9.77. The molecule has 7 nitrogen and oxygen atoms in total. The van der Waals surface area contributed by atoms with Gasteiger partial charge in [-0.15, -0.1) is 0 Å². The first-order valence-electron chi connectivity index (χ1n) is 7.33. The highest BCUT2D eigenvalue weighted by molar-refractivity contribution is 5.44. The lowest BCUT2D eigenvalue weighted by Crippen LogP contribution is -2.32. The van der Waals surface area contributed by atoms with E-state index in [-0.39, 0.29) is 20.0 Å². The Bertz CT molecular complexity index is 442. The van der Waals surface area contributed by atoms with Crippen molar-refractivity contribution in [1.82, 2.24) is 5.32 Å². The predicted molar refractivity (Wildman–Crippen MR) is 79.0 cm³/mol.